The molecule has 3 aliphatic heterocycles. The van der Waals surface area contributed by atoms with Gasteiger partial charge < -0.3 is 19.4 Å². The van der Waals surface area contributed by atoms with Crippen LogP contribution < -0.4 is 0 Å². The minimum atomic E-state index is 0.248. The number of nitrogens with zero attached hydrogens (tertiary/aromatic N) is 5. The van der Waals surface area contributed by atoms with Gasteiger partial charge in [-0.3, -0.25) is 9.48 Å². The molecule has 1 aromatic rings. The number of ether oxygens (including phenoxy) is 1. The fourth-order valence-corrected chi connectivity index (χ4v) is 6.52. The van der Waals surface area contributed by atoms with Crippen molar-refractivity contribution in [1.29, 1.82) is 0 Å². The van der Waals surface area contributed by atoms with Crippen LogP contribution in [0, 0.1) is 12.8 Å². The van der Waals surface area contributed by atoms with Crippen molar-refractivity contribution < 1.29 is 9.53 Å². The van der Waals surface area contributed by atoms with Gasteiger partial charge in [0.25, 0.3) is 0 Å². The second-order valence-electron chi connectivity index (χ2n) is 11.1. The molecule has 0 aromatic carbocycles. The number of aryl methyl sites for hydroxylation is 1. The molecule has 0 spiro atoms. The highest BCUT2D eigenvalue weighted by molar-refractivity contribution is 5.76. The Morgan fingerprint density at radius 2 is 1.64 bits per heavy atom. The number of hydrogen-bond donors (Lipinski definition) is 0. The number of carbonyl (C=O) groups excluding carboxylic acids is 1. The van der Waals surface area contributed by atoms with Gasteiger partial charge in [0.15, 0.2) is 0 Å². The molecule has 4 aliphatic rings. The lowest BCUT2D eigenvalue weighted by molar-refractivity contribution is -0.134. The number of carbonyl (C=O) groups is 1. The van der Waals surface area contributed by atoms with Crippen molar-refractivity contribution >= 4 is 5.91 Å². The summed E-state index contributed by atoms with van der Waals surface area (Å²) in [6.07, 6.45) is 11.6. The zero-order valence-corrected chi connectivity index (χ0v) is 20.8. The van der Waals surface area contributed by atoms with Gasteiger partial charge in [-0.25, -0.2) is 0 Å². The predicted octanol–water partition coefficient (Wildman–Crippen LogP) is 2.71. The summed E-state index contributed by atoms with van der Waals surface area (Å²) in [6.45, 7) is 9.12. The first-order valence-corrected chi connectivity index (χ1v) is 13.4. The second kappa shape index (κ2) is 10.4. The van der Waals surface area contributed by atoms with Gasteiger partial charge in [-0.1, -0.05) is 0 Å². The van der Waals surface area contributed by atoms with Crippen LogP contribution >= 0.6 is 0 Å². The molecule has 0 N–H and O–H groups in total. The Hall–Kier alpha value is -1.44. The highest BCUT2D eigenvalue weighted by Gasteiger charge is 2.32. The molecule has 184 valence electrons. The molecule has 1 amide bonds. The van der Waals surface area contributed by atoms with E-state index in [9.17, 15) is 4.79 Å². The van der Waals surface area contributed by atoms with E-state index in [4.69, 9.17) is 4.74 Å². The van der Waals surface area contributed by atoms with Crippen molar-refractivity contribution in [3.8, 4) is 0 Å². The summed E-state index contributed by atoms with van der Waals surface area (Å²) in [7, 11) is 2.21. The van der Waals surface area contributed by atoms with Crippen molar-refractivity contribution in [2.24, 2.45) is 5.92 Å². The SMILES string of the molecule is Cc1cc2n(n1)CC(=O)N(C1CCN(CC3CCC(OC4CCN(C)CC4)CC3)CC1)CC2. The Morgan fingerprint density at radius 3 is 2.36 bits per heavy atom. The minimum Gasteiger partial charge on any atom is -0.375 e. The van der Waals surface area contributed by atoms with Crippen molar-refractivity contribution in [3.05, 3.63) is 17.5 Å². The van der Waals surface area contributed by atoms with Gasteiger partial charge in [-0.15, -0.1) is 0 Å². The number of piperidine rings is 2. The van der Waals surface area contributed by atoms with Gasteiger partial charge in [-0.2, -0.15) is 5.10 Å². The molecular formula is C26H43N5O2. The number of aromatic nitrogens is 2. The third-order valence-electron chi connectivity index (χ3n) is 8.56. The fourth-order valence-electron chi connectivity index (χ4n) is 6.52. The Bertz CT molecular complexity index is 787. The van der Waals surface area contributed by atoms with Crippen LogP contribution in [-0.2, 0) is 22.5 Å². The zero-order valence-electron chi connectivity index (χ0n) is 20.8. The Balaban J connectivity index is 1.02. The quantitative estimate of drug-likeness (QED) is 0.681. The summed E-state index contributed by atoms with van der Waals surface area (Å²) in [5.74, 6) is 1.07. The highest BCUT2D eigenvalue weighted by atomic mass is 16.5. The second-order valence-corrected chi connectivity index (χ2v) is 11.1. The topological polar surface area (TPSA) is 53.8 Å². The van der Waals surface area contributed by atoms with Gasteiger partial charge in [0.1, 0.15) is 6.54 Å². The van der Waals surface area contributed by atoms with Crippen LogP contribution in [0.4, 0.5) is 0 Å². The molecule has 4 heterocycles. The van der Waals surface area contributed by atoms with E-state index in [1.54, 1.807) is 0 Å². The van der Waals surface area contributed by atoms with Crippen LogP contribution in [0.2, 0.25) is 0 Å². The number of amides is 1. The maximum absolute atomic E-state index is 12.9. The molecule has 0 atom stereocenters. The number of hydrogen-bond acceptors (Lipinski definition) is 5. The maximum Gasteiger partial charge on any atom is 0.244 e. The molecule has 1 saturated carbocycles. The lowest BCUT2D eigenvalue weighted by Crippen LogP contribution is -2.49. The summed E-state index contributed by atoms with van der Waals surface area (Å²) < 4.78 is 8.38. The smallest absolute Gasteiger partial charge is 0.244 e. The van der Waals surface area contributed by atoms with Crippen LogP contribution in [0.15, 0.2) is 6.07 Å². The summed E-state index contributed by atoms with van der Waals surface area (Å²) in [4.78, 5) is 20.1. The minimum absolute atomic E-state index is 0.248. The van der Waals surface area contributed by atoms with Crippen LogP contribution in [0.5, 0.6) is 0 Å². The summed E-state index contributed by atoms with van der Waals surface area (Å²) >= 11 is 0. The van der Waals surface area contributed by atoms with Crippen LogP contribution in [0.25, 0.3) is 0 Å². The lowest BCUT2D eigenvalue weighted by Gasteiger charge is -2.40. The molecule has 5 rings (SSSR count). The molecule has 1 aliphatic carbocycles. The molecule has 1 aromatic heterocycles. The van der Waals surface area contributed by atoms with Crippen LogP contribution in [0.3, 0.4) is 0 Å². The van der Waals surface area contributed by atoms with Gasteiger partial charge in [0.05, 0.1) is 17.9 Å². The number of rotatable bonds is 5. The van der Waals surface area contributed by atoms with Crippen molar-refractivity contribution in [2.45, 2.75) is 89.5 Å². The third kappa shape index (κ3) is 5.80. The van der Waals surface area contributed by atoms with Crippen molar-refractivity contribution in [1.82, 2.24) is 24.5 Å². The average molecular weight is 458 g/mol. The van der Waals surface area contributed by atoms with E-state index in [2.05, 4.69) is 32.9 Å². The Labute approximate surface area is 199 Å². The van der Waals surface area contributed by atoms with Crippen molar-refractivity contribution in [3.63, 3.8) is 0 Å². The molecule has 33 heavy (non-hydrogen) atoms. The van der Waals surface area contributed by atoms with Gasteiger partial charge in [-0.05, 0) is 77.3 Å². The summed E-state index contributed by atoms with van der Waals surface area (Å²) in [6, 6.07) is 2.53. The number of fused-ring (bicyclic) bond motifs is 1. The summed E-state index contributed by atoms with van der Waals surface area (Å²) in [5, 5.41) is 4.51. The predicted molar refractivity (Wildman–Crippen MR) is 129 cm³/mol. The van der Waals surface area contributed by atoms with E-state index < -0.39 is 0 Å². The monoisotopic (exact) mass is 457 g/mol. The highest BCUT2D eigenvalue weighted by Crippen LogP contribution is 2.30. The van der Waals surface area contributed by atoms with E-state index in [1.807, 2.05) is 11.6 Å². The first-order chi connectivity index (χ1) is 16.0. The van der Waals surface area contributed by atoms with Crippen LogP contribution in [-0.4, -0.2) is 95.0 Å². The molecular weight excluding hydrogens is 414 g/mol. The molecule has 0 bridgehead atoms. The summed E-state index contributed by atoms with van der Waals surface area (Å²) in [5.41, 5.74) is 2.22. The molecule has 2 saturated heterocycles. The van der Waals surface area contributed by atoms with E-state index in [-0.39, 0.29) is 5.91 Å². The molecule has 0 radical (unpaired) electrons. The van der Waals surface area contributed by atoms with Gasteiger partial charge >= 0.3 is 0 Å². The number of likely N-dealkylation sites (tertiary alicyclic amines) is 2. The zero-order chi connectivity index (χ0) is 22.8. The molecule has 0 unspecified atom stereocenters. The average Bonchev–Trinajstić information content (AvgIpc) is 3.09. The van der Waals surface area contributed by atoms with Crippen LogP contribution in [0.1, 0.15) is 62.8 Å². The van der Waals surface area contributed by atoms with Gasteiger partial charge in [0.2, 0.25) is 5.91 Å². The lowest BCUT2D eigenvalue weighted by atomic mass is 9.86. The Kier molecular flexibility index (Phi) is 7.38. The normalized spacial score (nSPS) is 29.3. The van der Waals surface area contributed by atoms with E-state index in [1.165, 1.54) is 63.9 Å². The Morgan fingerprint density at radius 1 is 0.939 bits per heavy atom. The maximum atomic E-state index is 12.9. The fraction of sp³-hybridized carbons (Fsp3) is 0.846. The van der Waals surface area contributed by atoms with E-state index >= 15 is 0 Å². The van der Waals surface area contributed by atoms with Gasteiger partial charge in [0, 0.05) is 57.4 Å². The largest absolute Gasteiger partial charge is 0.375 e. The first-order valence-electron chi connectivity index (χ1n) is 13.4. The first kappa shape index (κ1) is 23.3. The molecule has 3 fully saturated rings. The molecule has 7 heteroatoms. The molecule has 7 nitrogen and oxygen atoms in total. The standard InChI is InChI=1S/C26H43N5O2/c1-20-17-23-9-16-30(26(32)19-31(23)27-20)22-7-14-29(15-8-22)18-21-3-5-24(6-4-21)33-25-10-12-28(2)13-11-25/h17,21-22,24-25H,3-16,18-19H2,1-2H3. The van der Waals surface area contributed by atoms with E-state index in [0.717, 1.165) is 50.5 Å². The van der Waals surface area contributed by atoms with Crippen molar-refractivity contribution in [2.75, 3.05) is 46.3 Å². The van der Waals surface area contributed by atoms with E-state index in [0.29, 0.717) is 24.8 Å². The third-order valence-corrected chi connectivity index (χ3v) is 8.56.